The van der Waals surface area contributed by atoms with Crippen LogP contribution in [0.2, 0.25) is 5.02 Å². The third-order valence-corrected chi connectivity index (χ3v) is 8.27. The number of esters is 1. The molecule has 0 amide bonds. The monoisotopic (exact) mass is 432 g/mol. The Hall–Kier alpha value is -1.35. The first-order valence-corrected chi connectivity index (χ1v) is 12.2. The highest BCUT2D eigenvalue weighted by Gasteiger charge is 2.39. The number of rotatable bonds is 4. The molecule has 164 valence electrons. The summed E-state index contributed by atoms with van der Waals surface area (Å²) in [4.78, 5) is 12.5. The van der Waals surface area contributed by atoms with Crippen molar-refractivity contribution in [2.24, 2.45) is 35.5 Å². The first-order chi connectivity index (χ1) is 14.5. The summed E-state index contributed by atoms with van der Waals surface area (Å²) in [6, 6.07) is 4.17. The number of benzene rings is 1. The van der Waals surface area contributed by atoms with Crippen LogP contribution in [0.5, 0.6) is 5.75 Å². The van der Waals surface area contributed by atoms with E-state index in [4.69, 9.17) is 16.3 Å². The number of ether oxygens (including phenoxy) is 1. The molecule has 4 unspecified atom stereocenters. The van der Waals surface area contributed by atoms with E-state index in [1.54, 1.807) is 6.07 Å². The van der Waals surface area contributed by atoms with E-state index in [1.165, 1.54) is 50.7 Å². The average molecular weight is 433 g/mol. The van der Waals surface area contributed by atoms with Gasteiger partial charge in [0.25, 0.3) is 0 Å². The zero-order valence-corrected chi connectivity index (χ0v) is 18.8. The van der Waals surface area contributed by atoms with Crippen molar-refractivity contribution in [1.29, 1.82) is 0 Å². The van der Waals surface area contributed by atoms with Gasteiger partial charge in [0, 0.05) is 5.02 Å². The number of halogens is 2. The van der Waals surface area contributed by atoms with Crippen LogP contribution in [0, 0.1) is 41.3 Å². The van der Waals surface area contributed by atoms with Gasteiger partial charge in [-0.2, -0.15) is 0 Å². The summed E-state index contributed by atoms with van der Waals surface area (Å²) < 4.78 is 19.3. The van der Waals surface area contributed by atoms with Crippen LogP contribution in [0.25, 0.3) is 0 Å². The van der Waals surface area contributed by atoms with E-state index in [2.05, 4.69) is 19.1 Å². The third kappa shape index (κ3) is 5.10. The molecule has 3 fully saturated rings. The standard InChI is InChI=1S/C26H34ClFO2/c1-2-3-17-4-5-22-15-21(11-10-20(22)14-17)18-6-8-19(9-7-18)26(29)30-25-13-12-23(27)16-24(25)28/h2-3,12-13,16-22H,4-11,14-15H2,1H3/b3-2+. The number of allylic oxidation sites excluding steroid dienone is 2. The lowest BCUT2D eigenvalue weighted by atomic mass is 9.61. The molecule has 0 aromatic heterocycles. The van der Waals surface area contributed by atoms with Crippen molar-refractivity contribution >= 4 is 17.6 Å². The zero-order chi connectivity index (χ0) is 21.1. The van der Waals surface area contributed by atoms with Crippen molar-refractivity contribution in [3.05, 3.63) is 41.2 Å². The molecule has 4 rings (SSSR count). The summed E-state index contributed by atoms with van der Waals surface area (Å²) in [5.74, 6) is 3.23. The predicted octanol–water partition coefficient (Wildman–Crippen LogP) is 7.60. The van der Waals surface area contributed by atoms with Crippen LogP contribution in [0.15, 0.2) is 30.4 Å². The van der Waals surface area contributed by atoms with Gasteiger partial charge in [0.2, 0.25) is 0 Å². The molecule has 3 saturated carbocycles. The number of hydrogen-bond donors (Lipinski definition) is 0. The molecule has 3 aliphatic rings. The first kappa shape index (κ1) is 21.9. The molecule has 1 aromatic carbocycles. The first-order valence-electron chi connectivity index (χ1n) is 11.8. The molecular formula is C26H34ClFO2. The lowest BCUT2D eigenvalue weighted by Crippen LogP contribution is -2.35. The van der Waals surface area contributed by atoms with Gasteiger partial charge in [-0.3, -0.25) is 4.79 Å². The fourth-order valence-electron chi connectivity index (χ4n) is 6.41. The molecule has 0 aliphatic heterocycles. The van der Waals surface area contributed by atoms with E-state index in [9.17, 15) is 9.18 Å². The lowest BCUT2D eigenvalue weighted by molar-refractivity contribution is -0.140. The quantitative estimate of drug-likeness (QED) is 0.278. The smallest absolute Gasteiger partial charge is 0.314 e. The van der Waals surface area contributed by atoms with Gasteiger partial charge in [-0.05, 0) is 119 Å². The van der Waals surface area contributed by atoms with Crippen molar-refractivity contribution in [1.82, 2.24) is 0 Å². The minimum Gasteiger partial charge on any atom is -0.423 e. The number of fused-ring (bicyclic) bond motifs is 1. The van der Waals surface area contributed by atoms with Gasteiger partial charge in [-0.15, -0.1) is 0 Å². The van der Waals surface area contributed by atoms with Crippen molar-refractivity contribution in [3.8, 4) is 5.75 Å². The molecular weight excluding hydrogens is 399 g/mol. The van der Waals surface area contributed by atoms with Gasteiger partial charge in [-0.25, -0.2) is 4.39 Å². The van der Waals surface area contributed by atoms with Crippen LogP contribution < -0.4 is 4.74 Å². The second kappa shape index (κ2) is 9.85. The zero-order valence-electron chi connectivity index (χ0n) is 18.0. The Morgan fingerprint density at radius 1 is 0.967 bits per heavy atom. The molecule has 0 bridgehead atoms. The van der Waals surface area contributed by atoms with Crippen LogP contribution in [0.3, 0.4) is 0 Å². The second-order valence-corrected chi connectivity index (χ2v) is 10.2. The maximum atomic E-state index is 13.9. The molecule has 0 saturated heterocycles. The molecule has 3 aliphatic carbocycles. The summed E-state index contributed by atoms with van der Waals surface area (Å²) in [7, 11) is 0. The Bertz CT molecular complexity index is 768. The van der Waals surface area contributed by atoms with E-state index in [0.717, 1.165) is 55.3 Å². The molecule has 4 atom stereocenters. The Kier molecular flexibility index (Phi) is 7.18. The van der Waals surface area contributed by atoms with E-state index in [1.807, 2.05) is 0 Å². The number of hydrogen-bond acceptors (Lipinski definition) is 2. The van der Waals surface area contributed by atoms with E-state index >= 15 is 0 Å². The Morgan fingerprint density at radius 2 is 1.60 bits per heavy atom. The Morgan fingerprint density at radius 3 is 2.30 bits per heavy atom. The fraction of sp³-hybridized carbons (Fsp3) is 0.654. The molecule has 0 heterocycles. The Balaban J connectivity index is 1.25. The lowest BCUT2D eigenvalue weighted by Gasteiger charge is -2.45. The van der Waals surface area contributed by atoms with Crippen LogP contribution in [-0.4, -0.2) is 5.97 Å². The summed E-state index contributed by atoms with van der Waals surface area (Å²) in [6.07, 6.45) is 16.9. The molecule has 0 radical (unpaired) electrons. The molecule has 30 heavy (non-hydrogen) atoms. The van der Waals surface area contributed by atoms with Gasteiger partial charge >= 0.3 is 5.97 Å². The van der Waals surface area contributed by atoms with Gasteiger partial charge in [0.1, 0.15) is 0 Å². The van der Waals surface area contributed by atoms with Crippen molar-refractivity contribution in [2.45, 2.75) is 71.1 Å². The largest absolute Gasteiger partial charge is 0.423 e. The summed E-state index contributed by atoms with van der Waals surface area (Å²) in [5.41, 5.74) is 0. The summed E-state index contributed by atoms with van der Waals surface area (Å²) in [6.45, 7) is 2.14. The summed E-state index contributed by atoms with van der Waals surface area (Å²) in [5, 5.41) is 0.304. The highest BCUT2D eigenvalue weighted by Crippen LogP contribution is 2.49. The van der Waals surface area contributed by atoms with E-state index in [-0.39, 0.29) is 17.6 Å². The minimum atomic E-state index is -0.578. The normalized spacial score (nSPS) is 34.5. The third-order valence-electron chi connectivity index (χ3n) is 8.04. The fourth-order valence-corrected chi connectivity index (χ4v) is 6.57. The maximum absolute atomic E-state index is 13.9. The highest BCUT2D eigenvalue weighted by molar-refractivity contribution is 6.30. The van der Waals surface area contributed by atoms with Crippen LogP contribution >= 0.6 is 11.6 Å². The molecule has 0 spiro atoms. The van der Waals surface area contributed by atoms with Gasteiger partial charge in [0.05, 0.1) is 5.92 Å². The number of carbonyl (C=O) groups excluding carboxylic acids is 1. The molecule has 4 heteroatoms. The highest BCUT2D eigenvalue weighted by atomic mass is 35.5. The topological polar surface area (TPSA) is 26.3 Å². The van der Waals surface area contributed by atoms with Crippen LogP contribution in [0.4, 0.5) is 4.39 Å². The van der Waals surface area contributed by atoms with Crippen LogP contribution in [-0.2, 0) is 4.79 Å². The number of carbonyl (C=O) groups is 1. The van der Waals surface area contributed by atoms with Gasteiger partial charge < -0.3 is 4.74 Å². The Labute approximate surface area is 185 Å². The van der Waals surface area contributed by atoms with Crippen LogP contribution in [0.1, 0.15) is 71.1 Å². The summed E-state index contributed by atoms with van der Waals surface area (Å²) >= 11 is 5.77. The minimum absolute atomic E-state index is 0.0154. The molecule has 2 nitrogen and oxygen atoms in total. The molecule has 1 aromatic rings. The van der Waals surface area contributed by atoms with Gasteiger partial charge in [-0.1, -0.05) is 23.8 Å². The second-order valence-electron chi connectivity index (χ2n) is 9.80. The SMILES string of the molecule is C/C=C/C1CCC2CC(C3CCC(C(=O)Oc4ccc(Cl)cc4F)CC3)CCC2C1. The van der Waals surface area contributed by atoms with E-state index in [0.29, 0.717) is 5.02 Å². The van der Waals surface area contributed by atoms with Crippen molar-refractivity contribution in [2.75, 3.05) is 0 Å². The predicted molar refractivity (Wildman–Crippen MR) is 119 cm³/mol. The van der Waals surface area contributed by atoms with Crippen molar-refractivity contribution in [3.63, 3.8) is 0 Å². The average Bonchev–Trinajstić information content (AvgIpc) is 2.75. The van der Waals surface area contributed by atoms with Crippen molar-refractivity contribution < 1.29 is 13.9 Å². The maximum Gasteiger partial charge on any atom is 0.314 e. The van der Waals surface area contributed by atoms with Gasteiger partial charge in [0.15, 0.2) is 11.6 Å². The van der Waals surface area contributed by atoms with E-state index < -0.39 is 5.82 Å². The molecule has 0 N–H and O–H groups in total.